The highest BCUT2D eigenvalue weighted by atomic mass is 35.5. The molecule has 2 heterocycles. The first-order valence-electron chi connectivity index (χ1n) is 9.35. The normalized spacial score (nSPS) is 14.1. The zero-order valence-corrected chi connectivity index (χ0v) is 16.9. The molecular formula is C22H14Cl2F3N3. The van der Waals surface area contributed by atoms with Gasteiger partial charge in [-0.15, -0.1) is 0 Å². The first kappa shape index (κ1) is 19.4. The second-order valence-electron chi connectivity index (χ2n) is 7.27. The van der Waals surface area contributed by atoms with Gasteiger partial charge in [-0.3, -0.25) is 0 Å². The number of aromatic nitrogens is 3. The molecule has 1 saturated carbocycles. The Morgan fingerprint density at radius 2 is 1.70 bits per heavy atom. The summed E-state index contributed by atoms with van der Waals surface area (Å²) in [5.74, 6) is -0.264. The van der Waals surface area contributed by atoms with Gasteiger partial charge in [-0.1, -0.05) is 29.3 Å². The van der Waals surface area contributed by atoms with Gasteiger partial charge in [0.25, 0.3) is 6.43 Å². The van der Waals surface area contributed by atoms with E-state index in [0.29, 0.717) is 43.7 Å². The van der Waals surface area contributed by atoms with E-state index < -0.39 is 12.2 Å². The van der Waals surface area contributed by atoms with E-state index in [1.165, 1.54) is 22.9 Å². The third-order valence-corrected chi connectivity index (χ3v) is 5.92. The van der Waals surface area contributed by atoms with Gasteiger partial charge in [0.1, 0.15) is 5.82 Å². The minimum atomic E-state index is -2.71. The van der Waals surface area contributed by atoms with Crippen molar-refractivity contribution < 1.29 is 13.2 Å². The highest BCUT2D eigenvalue weighted by molar-refractivity contribution is 6.42. The Labute approximate surface area is 180 Å². The van der Waals surface area contributed by atoms with Crippen molar-refractivity contribution in [3.05, 3.63) is 75.7 Å². The van der Waals surface area contributed by atoms with Crippen LogP contribution < -0.4 is 0 Å². The van der Waals surface area contributed by atoms with Crippen molar-refractivity contribution in [2.24, 2.45) is 0 Å². The first-order chi connectivity index (χ1) is 14.4. The van der Waals surface area contributed by atoms with Crippen molar-refractivity contribution in [3.63, 3.8) is 0 Å². The van der Waals surface area contributed by atoms with Crippen LogP contribution in [-0.2, 0) is 0 Å². The molecule has 0 amide bonds. The molecular weight excluding hydrogens is 434 g/mol. The maximum atomic E-state index is 14.1. The van der Waals surface area contributed by atoms with Gasteiger partial charge in [-0.25, -0.2) is 22.8 Å². The summed E-state index contributed by atoms with van der Waals surface area (Å²) >= 11 is 12.1. The molecule has 0 aliphatic heterocycles. The number of fused-ring (bicyclic) bond motifs is 1. The predicted molar refractivity (Wildman–Crippen MR) is 111 cm³/mol. The molecule has 1 aliphatic rings. The maximum Gasteiger partial charge on any atom is 0.264 e. The number of alkyl halides is 2. The van der Waals surface area contributed by atoms with Crippen molar-refractivity contribution in [1.82, 2.24) is 14.8 Å². The monoisotopic (exact) mass is 447 g/mol. The maximum absolute atomic E-state index is 14.1. The van der Waals surface area contributed by atoms with Crippen molar-refractivity contribution in [3.8, 4) is 16.9 Å². The largest absolute Gasteiger partial charge is 0.264 e. The van der Waals surface area contributed by atoms with Crippen molar-refractivity contribution in [1.29, 1.82) is 0 Å². The van der Waals surface area contributed by atoms with Crippen LogP contribution >= 0.6 is 23.2 Å². The lowest BCUT2D eigenvalue weighted by atomic mass is 10.0. The molecule has 0 atom stereocenters. The number of hydrogen-bond donors (Lipinski definition) is 0. The zero-order valence-electron chi connectivity index (χ0n) is 15.4. The van der Waals surface area contributed by atoms with E-state index in [4.69, 9.17) is 23.2 Å². The molecule has 1 fully saturated rings. The number of benzene rings is 2. The fourth-order valence-corrected chi connectivity index (χ4v) is 3.85. The number of halogens is 5. The van der Waals surface area contributed by atoms with Crippen LogP contribution in [0.1, 0.15) is 36.4 Å². The van der Waals surface area contributed by atoms with Gasteiger partial charge in [0.05, 0.1) is 32.5 Å². The van der Waals surface area contributed by atoms with E-state index in [-0.39, 0.29) is 11.5 Å². The third-order valence-electron chi connectivity index (χ3n) is 5.18. The van der Waals surface area contributed by atoms with Crippen LogP contribution in [0.5, 0.6) is 0 Å². The summed E-state index contributed by atoms with van der Waals surface area (Å²) < 4.78 is 43.1. The predicted octanol–water partition coefficient (Wildman–Crippen LogP) is 7.35. The Balaban J connectivity index is 1.81. The summed E-state index contributed by atoms with van der Waals surface area (Å²) in [4.78, 5) is 4.66. The SMILES string of the molecule is Fc1ccc(-n2nc(C3CC3)c3c(C(F)F)cc(-c4ccc(Cl)c(Cl)c4)nc32)cc1. The van der Waals surface area contributed by atoms with Crippen LogP contribution in [0, 0.1) is 5.82 Å². The molecule has 4 aromatic rings. The van der Waals surface area contributed by atoms with E-state index in [2.05, 4.69) is 10.1 Å². The summed E-state index contributed by atoms with van der Waals surface area (Å²) in [5, 5.41) is 5.64. The highest BCUT2D eigenvalue weighted by Gasteiger charge is 2.33. The lowest BCUT2D eigenvalue weighted by Gasteiger charge is -2.10. The summed E-state index contributed by atoms with van der Waals surface area (Å²) in [7, 11) is 0. The zero-order chi connectivity index (χ0) is 21.0. The molecule has 0 bridgehead atoms. The second-order valence-corrected chi connectivity index (χ2v) is 8.09. The summed E-state index contributed by atoms with van der Waals surface area (Å²) in [6.45, 7) is 0. The summed E-state index contributed by atoms with van der Waals surface area (Å²) in [6.07, 6.45) is -0.917. The van der Waals surface area contributed by atoms with E-state index in [1.807, 2.05) is 0 Å². The molecule has 8 heteroatoms. The topological polar surface area (TPSA) is 30.7 Å². The standard InChI is InChI=1S/C22H14Cl2F3N3/c23-16-8-3-12(9-17(16)24)18-10-15(21(26)27)19-20(11-1-2-11)29-30(22(19)28-18)14-6-4-13(25)5-7-14/h3-11,21H,1-2H2. The van der Waals surface area contributed by atoms with Gasteiger partial charge in [0.2, 0.25) is 0 Å². The summed E-state index contributed by atoms with van der Waals surface area (Å²) in [5.41, 5.74) is 2.24. The van der Waals surface area contributed by atoms with E-state index in [1.54, 1.807) is 30.3 Å². The average Bonchev–Trinajstić information content (AvgIpc) is 3.50. The Morgan fingerprint density at radius 3 is 2.33 bits per heavy atom. The highest BCUT2D eigenvalue weighted by Crippen LogP contribution is 2.45. The lowest BCUT2D eigenvalue weighted by Crippen LogP contribution is -2.00. The third kappa shape index (κ3) is 3.34. The molecule has 0 unspecified atom stereocenters. The fraction of sp³-hybridized carbons (Fsp3) is 0.182. The summed E-state index contributed by atoms with van der Waals surface area (Å²) in [6, 6.07) is 12.0. The lowest BCUT2D eigenvalue weighted by molar-refractivity contribution is 0.153. The fourth-order valence-electron chi connectivity index (χ4n) is 3.55. The first-order valence-corrected chi connectivity index (χ1v) is 10.1. The van der Waals surface area contributed by atoms with Crippen molar-refractivity contribution >= 4 is 34.2 Å². The number of pyridine rings is 1. The molecule has 3 nitrogen and oxygen atoms in total. The van der Waals surface area contributed by atoms with Crippen LogP contribution in [0.2, 0.25) is 10.0 Å². The van der Waals surface area contributed by atoms with E-state index >= 15 is 0 Å². The molecule has 152 valence electrons. The second kappa shape index (κ2) is 7.29. The van der Waals surface area contributed by atoms with Crippen LogP contribution in [0.25, 0.3) is 28.0 Å². The molecule has 5 rings (SSSR count). The number of nitrogens with zero attached hydrogens (tertiary/aromatic N) is 3. The number of hydrogen-bond acceptors (Lipinski definition) is 2. The van der Waals surface area contributed by atoms with Gasteiger partial charge >= 0.3 is 0 Å². The Hall–Kier alpha value is -2.57. The Morgan fingerprint density at radius 1 is 0.967 bits per heavy atom. The molecule has 0 saturated heterocycles. The van der Waals surface area contributed by atoms with Gasteiger partial charge in [0, 0.05) is 17.0 Å². The van der Waals surface area contributed by atoms with Crippen molar-refractivity contribution in [2.75, 3.05) is 0 Å². The molecule has 2 aromatic heterocycles. The van der Waals surface area contributed by atoms with Crippen LogP contribution in [0.3, 0.4) is 0 Å². The minimum Gasteiger partial charge on any atom is -0.228 e. The average molecular weight is 448 g/mol. The number of rotatable bonds is 4. The molecule has 0 radical (unpaired) electrons. The molecule has 0 N–H and O–H groups in total. The van der Waals surface area contributed by atoms with E-state index in [9.17, 15) is 13.2 Å². The Bertz CT molecular complexity index is 1270. The smallest absolute Gasteiger partial charge is 0.228 e. The van der Waals surface area contributed by atoms with Crippen LogP contribution in [0.15, 0.2) is 48.5 Å². The van der Waals surface area contributed by atoms with E-state index in [0.717, 1.165) is 12.8 Å². The molecule has 2 aromatic carbocycles. The van der Waals surface area contributed by atoms with Gasteiger partial charge in [-0.05, 0) is 55.3 Å². The molecule has 1 aliphatic carbocycles. The van der Waals surface area contributed by atoms with Gasteiger partial charge in [0.15, 0.2) is 5.65 Å². The van der Waals surface area contributed by atoms with Crippen LogP contribution in [-0.4, -0.2) is 14.8 Å². The van der Waals surface area contributed by atoms with Gasteiger partial charge in [-0.2, -0.15) is 5.10 Å². The Kier molecular flexibility index (Phi) is 4.71. The van der Waals surface area contributed by atoms with Crippen LogP contribution in [0.4, 0.5) is 13.2 Å². The molecule has 30 heavy (non-hydrogen) atoms. The minimum absolute atomic E-state index is 0.128. The molecule has 0 spiro atoms. The van der Waals surface area contributed by atoms with Crippen molar-refractivity contribution in [2.45, 2.75) is 25.2 Å². The van der Waals surface area contributed by atoms with Gasteiger partial charge < -0.3 is 0 Å². The quantitative estimate of drug-likeness (QED) is 0.327.